The molecule has 0 amide bonds. The number of aromatic nitrogens is 2. The average molecular weight is 293 g/mol. The first-order chi connectivity index (χ1) is 3.93. The molecule has 0 aliphatic rings. The first kappa shape index (κ1) is 8.74. The third-order valence-electron chi connectivity index (χ3n) is 0.984. The van der Waals surface area contributed by atoms with Gasteiger partial charge in [-0.2, -0.15) is 0 Å². The Hall–Kier alpha value is -0.258. The first-order valence-corrected chi connectivity index (χ1v) is 2.60. The van der Waals surface area contributed by atoms with E-state index in [1.54, 1.807) is 12.4 Å². The Morgan fingerprint density at radius 3 is 2.33 bits per heavy atom. The molecular formula is C6H7N2Re-. The molecule has 0 aliphatic heterocycles. The second-order valence-electron chi connectivity index (χ2n) is 1.54. The fraction of sp³-hybridized carbons (Fsp3) is 0.333. The third kappa shape index (κ3) is 2.69. The normalized spacial score (nSPS) is 8.11. The van der Waals surface area contributed by atoms with E-state index >= 15 is 0 Å². The Balaban J connectivity index is 0.000000640. The van der Waals surface area contributed by atoms with Crippen molar-refractivity contribution in [2.45, 2.75) is 13.3 Å². The van der Waals surface area contributed by atoms with E-state index in [-0.39, 0.29) is 20.4 Å². The Morgan fingerprint density at radius 2 is 2.00 bits per heavy atom. The molecule has 0 saturated carbocycles. The molecule has 0 fully saturated rings. The van der Waals surface area contributed by atoms with Gasteiger partial charge >= 0.3 is 0 Å². The van der Waals surface area contributed by atoms with Crippen molar-refractivity contribution in [3.8, 4) is 0 Å². The van der Waals surface area contributed by atoms with Crippen molar-refractivity contribution < 1.29 is 20.4 Å². The molecule has 0 spiro atoms. The smallest absolute Gasteiger partial charge is 0.0213 e. The summed E-state index contributed by atoms with van der Waals surface area (Å²) in [4.78, 5) is 7.44. The van der Waals surface area contributed by atoms with Crippen LogP contribution in [0.3, 0.4) is 0 Å². The molecular weight excluding hydrogens is 286 g/mol. The zero-order valence-electron chi connectivity index (χ0n) is 5.13. The van der Waals surface area contributed by atoms with Crippen molar-refractivity contribution in [1.29, 1.82) is 0 Å². The van der Waals surface area contributed by atoms with Gasteiger partial charge in [0.2, 0.25) is 0 Å². The predicted octanol–water partition coefficient (Wildman–Crippen LogP) is 0.837. The van der Waals surface area contributed by atoms with Gasteiger partial charge in [0, 0.05) is 26.8 Å². The van der Waals surface area contributed by atoms with Crippen LogP contribution in [0.5, 0.6) is 0 Å². The van der Waals surface area contributed by atoms with Gasteiger partial charge in [-0.15, -0.1) is 5.56 Å². The van der Waals surface area contributed by atoms with Gasteiger partial charge in [0.05, 0.1) is 0 Å². The van der Waals surface area contributed by atoms with Gasteiger partial charge in [-0.25, -0.2) is 0 Å². The van der Waals surface area contributed by atoms with Crippen LogP contribution < -0.4 is 0 Å². The van der Waals surface area contributed by atoms with E-state index in [1.165, 1.54) is 0 Å². The van der Waals surface area contributed by atoms with Gasteiger partial charge in [-0.3, -0.25) is 0 Å². The Kier molecular flexibility index (Phi) is 4.47. The molecule has 0 saturated heterocycles. The van der Waals surface area contributed by atoms with Crippen LogP contribution in [0.15, 0.2) is 12.4 Å². The fourth-order valence-electron chi connectivity index (χ4n) is 0.473. The van der Waals surface area contributed by atoms with Crippen molar-refractivity contribution in [3.63, 3.8) is 0 Å². The molecule has 0 N–H and O–H groups in total. The molecule has 0 bridgehead atoms. The average Bonchev–Trinajstić information content (AvgIpc) is 1.90. The van der Waals surface area contributed by atoms with E-state index in [0.717, 1.165) is 12.0 Å². The summed E-state index contributed by atoms with van der Waals surface area (Å²) in [6, 6.07) is 0. The standard InChI is InChI=1S/C6H7N2.Re/c1-2-6-3-7-5-8-4-6;/h3-4H,2H2,1H3;/q-1;. The topological polar surface area (TPSA) is 25.8 Å². The summed E-state index contributed by atoms with van der Waals surface area (Å²) in [6.45, 7) is 2.07. The molecule has 1 heterocycles. The van der Waals surface area contributed by atoms with Crippen LogP contribution in [0.25, 0.3) is 0 Å². The monoisotopic (exact) mass is 294 g/mol. The summed E-state index contributed by atoms with van der Waals surface area (Å²) in [7, 11) is 0. The number of hydrogen-bond acceptors (Lipinski definition) is 2. The number of rotatable bonds is 1. The second-order valence-corrected chi connectivity index (χ2v) is 1.54. The van der Waals surface area contributed by atoms with Gasteiger partial charge in [0.25, 0.3) is 0 Å². The van der Waals surface area contributed by atoms with Crippen LogP contribution >= 0.6 is 0 Å². The van der Waals surface area contributed by atoms with Gasteiger partial charge in [0.1, 0.15) is 0 Å². The number of hydrogen-bond donors (Lipinski definition) is 0. The van der Waals surface area contributed by atoms with Crippen LogP contribution in [0.4, 0.5) is 0 Å². The zero-order chi connectivity index (χ0) is 5.82. The van der Waals surface area contributed by atoms with E-state index in [2.05, 4.69) is 23.2 Å². The summed E-state index contributed by atoms with van der Waals surface area (Å²) >= 11 is 0. The van der Waals surface area contributed by atoms with E-state index in [4.69, 9.17) is 0 Å². The molecule has 1 aromatic heterocycles. The minimum Gasteiger partial charge on any atom is -0.374 e. The largest absolute Gasteiger partial charge is 0.374 e. The third-order valence-corrected chi connectivity index (χ3v) is 0.984. The van der Waals surface area contributed by atoms with Crippen molar-refractivity contribution in [2.75, 3.05) is 0 Å². The SMILES string of the molecule is CCc1cn[c-]nc1.[Re]. The van der Waals surface area contributed by atoms with E-state index in [9.17, 15) is 0 Å². The summed E-state index contributed by atoms with van der Waals surface area (Å²) < 4.78 is 0. The summed E-state index contributed by atoms with van der Waals surface area (Å²) in [5, 5.41) is 0. The Labute approximate surface area is 68.4 Å². The van der Waals surface area contributed by atoms with Crippen molar-refractivity contribution >= 4 is 0 Å². The molecule has 3 heteroatoms. The van der Waals surface area contributed by atoms with Crippen LogP contribution in [0.2, 0.25) is 0 Å². The summed E-state index contributed by atoms with van der Waals surface area (Å²) in [6.07, 6.45) is 7.00. The molecule has 0 aliphatic carbocycles. The quantitative estimate of drug-likeness (QED) is 0.717. The molecule has 1 aromatic rings. The predicted molar refractivity (Wildman–Crippen MR) is 30.2 cm³/mol. The summed E-state index contributed by atoms with van der Waals surface area (Å²) in [5.41, 5.74) is 1.16. The van der Waals surface area contributed by atoms with Crippen molar-refractivity contribution in [1.82, 2.24) is 9.97 Å². The van der Waals surface area contributed by atoms with Gasteiger partial charge in [-0.05, 0) is 0 Å². The van der Waals surface area contributed by atoms with Crippen LogP contribution in [-0.2, 0) is 26.8 Å². The Bertz CT molecular complexity index is 152. The number of aryl methyl sites for hydroxylation is 1. The molecule has 1 radical (unpaired) electrons. The molecule has 9 heavy (non-hydrogen) atoms. The molecule has 2 nitrogen and oxygen atoms in total. The fourth-order valence-corrected chi connectivity index (χ4v) is 0.473. The summed E-state index contributed by atoms with van der Waals surface area (Å²) in [5.74, 6) is 0. The van der Waals surface area contributed by atoms with E-state index in [0.29, 0.717) is 0 Å². The maximum Gasteiger partial charge on any atom is 0.0213 e. The van der Waals surface area contributed by atoms with Gasteiger partial charge < -0.3 is 9.97 Å². The molecule has 0 atom stereocenters. The van der Waals surface area contributed by atoms with Gasteiger partial charge in [0.15, 0.2) is 0 Å². The minimum atomic E-state index is 0. The first-order valence-electron chi connectivity index (χ1n) is 2.60. The maximum atomic E-state index is 3.72. The molecule has 0 unspecified atom stereocenters. The number of nitrogens with zero attached hydrogens (tertiary/aromatic N) is 2. The van der Waals surface area contributed by atoms with Gasteiger partial charge in [-0.1, -0.05) is 25.7 Å². The minimum absolute atomic E-state index is 0. The van der Waals surface area contributed by atoms with E-state index < -0.39 is 0 Å². The van der Waals surface area contributed by atoms with Crippen molar-refractivity contribution in [3.05, 3.63) is 24.3 Å². The van der Waals surface area contributed by atoms with Crippen LogP contribution in [0, 0.1) is 6.33 Å². The van der Waals surface area contributed by atoms with E-state index in [1.807, 2.05) is 0 Å². The molecule has 1 rings (SSSR count). The maximum absolute atomic E-state index is 3.72. The van der Waals surface area contributed by atoms with Crippen LogP contribution in [0.1, 0.15) is 12.5 Å². The Morgan fingerprint density at radius 1 is 1.44 bits per heavy atom. The zero-order valence-corrected chi connectivity index (χ0v) is 7.85. The molecule has 0 aromatic carbocycles. The molecule has 49 valence electrons. The van der Waals surface area contributed by atoms with Crippen molar-refractivity contribution in [2.24, 2.45) is 0 Å². The second kappa shape index (κ2) is 4.61. The van der Waals surface area contributed by atoms with Crippen LogP contribution in [-0.4, -0.2) is 9.97 Å².